The van der Waals surface area contributed by atoms with Gasteiger partial charge in [0, 0.05) is 48.9 Å². The van der Waals surface area contributed by atoms with Crippen LogP contribution >= 0.6 is 11.3 Å². The molecule has 8 heteroatoms. The zero-order valence-electron chi connectivity index (χ0n) is 16.7. The van der Waals surface area contributed by atoms with Crippen LogP contribution in [0.4, 0.5) is 0 Å². The third-order valence-electron chi connectivity index (χ3n) is 5.52. The molecule has 1 amide bonds. The summed E-state index contributed by atoms with van der Waals surface area (Å²) in [6.45, 7) is 8.36. The number of hydrogen-bond donors (Lipinski definition) is 1. The van der Waals surface area contributed by atoms with Gasteiger partial charge in [0.1, 0.15) is 0 Å². The molecule has 0 bridgehead atoms. The third-order valence-corrected chi connectivity index (χ3v) is 6.34. The fourth-order valence-corrected chi connectivity index (χ4v) is 4.70. The van der Waals surface area contributed by atoms with E-state index in [-0.39, 0.29) is 5.91 Å². The van der Waals surface area contributed by atoms with Crippen LogP contribution in [0.2, 0.25) is 0 Å². The zero-order valence-corrected chi connectivity index (χ0v) is 17.6. The Morgan fingerprint density at radius 1 is 1.39 bits per heavy atom. The van der Waals surface area contributed by atoms with Gasteiger partial charge in [-0.3, -0.25) is 9.48 Å². The van der Waals surface area contributed by atoms with Crippen LogP contribution in [0.1, 0.15) is 52.2 Å². The lowest BCUT2D eigenvalue weighted by Crippen LogP contribution is -2.41. The van der Waals surface area contributed by atoms with Crippen molar-refractivity contribution >= 4 is 17.2 Å². The molecule has 0 radical (unpaired) electrons. The van der Waals surface area contributed by atoms with Gasteiger partial charge in [0.2, 0.25) is 0 Å². The Balaban J connectivity index is 1.51. The molecule has 0 aromatic carbocycles. The fourth-order valence-electron chi connectivity index (χ4n) is 4.09. The first-order valence-corrected chi connectivity index (χ1v) is 11.1. The van der Waals surface area contributed by atoms with Crippen LogP contribution in [-0.2, 0) is 30.7 Å². The highest BCUT2D eigenvalue weighted by molar-refractivity contribution is 7.09. The average molecular weight is 404 g/mol. The van der Waals surface area contributed by atoms with Crippen LogP contribution in [0.15, 0.2) is 5.38 Å². The van der Waals surface area contributed by atoms with E-state index in [1.165, 1.54) is 5.69 Å². The summed E-state index contributed by atoms with van der Waals surface area (Å²) in [5.41, 5.74) is 4.14. The number of nitrogens with one attached hydrogen (secondary N) is 1. The lowest BCUT2D eigenvalue weighted by atomic mass is 9.91. The van der Waals surface area contributed by atoms with Crippen LogP contribution < -0.4 is 5.32 Å². The number of rotatable bonds is 6. The van der Waals surface area contributed by atoms with Crippen LogP contribution in [-0.4, -0.2) is 57.9 Å². The summed E-state index contributed by atoms with van der Waals surface area (Å²) in [4.78, 5) is 19.6. The molecule has 7 nitrogen and oxygen atoms in total. The molecule has 0 saturated carbocycles. The number of aryl methyl sites for hydroxylation is 2. The molecule has 152 valence electrons. The van der Waals surface area contributed by atoms with E-state index in [0.717, 1.165) is 55.0 Å². The Labute approximate surface area is 170 Å². The molecular weight excluding hydrogens is 374 g/mol. The molecule has 1 atom stereocenters. The number of carbonyl (C=O) groups excluding carboxylic acids is 1. The van der Waals surface area contributed by atoms with E-state index in [1.807, 2.05) is 11.8 Å². The minimum atomic E-state index is 0.0604. The van der Waals surface area contributed by atoms with Gasteiger partial charge in [0.15, 0.2) is 5.69 Å². The van der Waals surface area contributed by atoms with Crippen molar-refractivity contribution < 1.29 is 9.53 Å². The van der Waals surface area contributed by atoms with Gasteiger partial charge in [-0.15, -0.1) is 11.3 Å². The number of nitrogens with zero attached hydrogens (tertiary/aromatic N) is 4. The van der Waals surface area contributed by atoms with E-state index >= 15 is 0 Å². The summed E-state index contributed by atoms with van der Waals surface area (Å²) >= 11 is 1.69. The second-order valence-electron chi connectivity index (χ2n) is 7.58. The van der Waals surface area contributed by atoms with Crippen molar-refractivity contribution in [2.24, 2.45) is 0 Å². The molecular formula is C20H29N5O2S. The van der Waals surface area contributed by atoms with Gasteiger partial charge < -0.3 is 15.0 Å². The van der Waals surface area contributed by atoms with Crippen LogP contribution in [0.3, 0.4) is 0 Å². The molecule has 2 aliphatic rings. The maximum absolute atomic E-state index is 13.1. The standard InChI is InChI=1S/C20H29N5O2S/c1-3-6-25-18-5-4-15(21-12-16-13-28-14(2)22-16)11-17(18)19(23-25)20(26)24-7-9-27-10-8-24/h13,15,21H,3-12H2,1-2H3. The molecule has 4 rings (SSSR count). The second-order valence-corrected chi connectivity index (χ2v) is 8.64. The number of thiazole rings is 1. The first kappa shape index (κ1) is 19.5. The predicted molar refractivity (Wildman–Crippen MR) is 109 cm³/mol. The predicted octanol–water partition coefficient (Wildman–Crippen LogP) is 2.18. The van der Waals surface area contributed by atoms with Crippen LogP contribution in [0, 0.1) is 6.92 Å². The highest BCUT2D eigenvalue weighted by Gasteiger charge is 2.31. The van der Waals surface area contributed by atoms with E-state index in [1.54, 1.807) is 11.3 Å². The Bertz CT molecular complexity index is 825. The van der Waals surface area contributed by atoms with E-state index in [2.05, 4.69) is 27.3 Å². The summed E-state index contributed by atoms with van der Waals surface area (Å²) in [5.74, 6) is 0.0604. The highest BCUT2D eigenvalue weighted by Crippen LogP contribution is 2.27. The third kappa shape index (κ3) is 4.14. The van der Waals surface area contributed by atoms with E-state index in [4.69, 9.17) is 9.84 Å². The quantitative estimate of drug-likeness (QED) is 0.800. The molecule has 28 heavy (non-hydrogen) atoms. The second kappa shape index (κ2) is 8.71. The number of amides is 1. The number of ether oxygens (including phenoxy) is 1. The number of aromatic nitrogens is 3. The SMILES string of the molecule is CCCn1nc(C(=O)N2CCOCC2)c2c1CCC(NCc1csc(C)n1)C2. The number of hydrogen-bond acceptors (Lipinski definition) is 6. The fraction of sp³-hybridized carbons (Fsp3) is 0.650. The average Bonchev–Trinajstić information content (AvgIpc) is 3.30. The maximum Gasteiger partial charge on any atom is 0.274 e. The Morgan fingerprint density at radius 3 is 2.93 bits per heavy atom. The molecule has 1 aliphatic heterocycles. The minimum absolute atomic E-state index is 0.0604. The van der Waals surface area contributed by atoms with Crippen molar-refractivity contribution in [3.05, 3.63) is 33.0 Å². The molecule has 1 N–H and O–H groups in total. The molecule has 2 aromatic rings. The van der Waals surface area contributed by atoms with Gasteiger partial charge >= 0.3 is 0 Å². The van der Waals surface area contributed by atoms with Crippen LogP contribution in [0.25, 0.3) is 0 Å². The Hall–Kier alpha value is -1.77. The molecule has 2 aromatic heterocycles. The van der Waals surface area contributed by atoms with Gasteiger partial charge in [-0.05, 0) is 32.6 Å². The van der Waals surface area contributed by atoms with E-state index < -0.39 is 0 Å². The highest BCUT2D eigenvalue weighted by atomic mass is 32.1. The summed E-state index contributed by atoms with van der Waals surface area (Å²) in [7, 11) is 0. The van der Waals surface area contributed by atoms with Crippen molar-refractivity contribution in [3.63, 3.8) is 0 Å². The van der Waals surface area contributed by atoms with Crippen molar-refractivity contribution in [1.29, 1.82) is 0 Å². The first-order valence-electron chi connectivity index (χ1n) is 10.3. The molecule has 1 aliphatic carbocycles. The van der Waals surface area contributed by atoms with Crippen molar-refractivity contribution in [2.45, 2.75) is 58.7 Å². The van der Waals surface area contributed by atoms with Gasteiger partial charge in [-0.1, -0.05) is 6.92 Å². The monoisotopic (exact) mass is 403 g/mol. The minimum Gasteiger partial charge on any atom is -0.378 e. The molecule has 0 spiro atoms. The normalized spacial score (nSPS) is 19.6. The molecule has 1 unspecified atom stereocenters. The number of carbonyl (C=O) groups is 1. The number of fused-ring (bicyclic) bond motifs is 1. The summed E-state index contributed by atoms with van der Waals surface area (Å²) in [6.07, 6.45) is 3.90. The summed E-state index contributed by atoms with van der Waals surface area (Å²) in [6, 6.07) is 0.352. The van der Waals surface area contributed by atoms with Crippen molar-refractivity contribution in [2.75, 3.05) is 26.3 Å². The maximum atomic E-state index is 13.1. The van der Waals surface area contributed by atoms with Gasteiger partial charge in [-0.25, -0.2) is 4.98 Å². The van der Waals surface area contributed by atoms with Gasteiger partial charge in [0.05, 0.1) is 23.9 Å². The lowest BCUT2D eigenvalue weighted by molar-refractivity contribution is 0.0297. The molecule has 1 saturated heterocycles. The number of morpholine rings is 1. The van der Waals surface area contributed by atoms with E-state index in [9.17, 15) is 4.79 Å². The van der Waals surface area contributed by atoms with Crippen molar-refractivity contribution in [1.82, 2.24) is 25.0 Å². The van der Waals surface area contributed by atoms with E-state index in [0.29, 0.717) is 38.0 Å². The summed E-state index contributed by atoms with van der Waals surface area (Å²) in [5, 5.41) is 11.6. The largest absolute Gasteiger partial charge is 0.378 e. The van der Waals surface area contributed by atoms with Crippen LogP contribution in [0.5, 0.6) is 0 Å². The Morgan fingerprint density at radius 2 is 2.21 bits per heavy atom. The lowest BCUT2D eigenvalue weighted by Gasteiger charge is -2.27. The first-order chi connectivity index (χ1) is 13.7. The smallest absolute Gasteiger partial charge is 0.274 e. The van der Waals surface area contributed by atoms with Gasteiger partial charge in [-0.2, -0.15) is 5.10 Å². The Kier molecular flexibility index (Phi) is 6.08. The molecule has 1 fully saturated rings. The zero-order chi connectivity index (χ0) is 19.5. The van der Waals surface area contributed by atoms with Gasteiger partial charge in [0.25, 0.3) is 5.91 Å². The topological polar surface area (TPSA) is 72.3 Å². The molecule has 3 heterocycles. The summed E-state index contributed by atoms with van der Waals surface area (Å²) < 4.78 is 7.47. The van der Waals surface area contributed by atoms with Crippen molar-refractivity contribution in [3.8, 4) is 0 Å².